The molecule has 1 saturated heterocycles. The van der Waals surface area contributed by atoms with Crippen LogP contribution in [0.4, 0.5) is 0 Å². The molecular weight excluding hydrogens is 356 g/mol. The van der Waals surface area contributed by atoms with Crippen LogP contribution in [0.5, 0.6) is 0 Å². The van der Waals surface area contributed by atoms with Gasteiger partial charge in [0.15, 0.2) is 0 Å². The first kappa shape index (κ1) is 17.8. The predicted molar refractivity (Wildman–Crippen MR) is 99.2 cm³/mol. The Labute approximate surface area is 152 Å². The quantitative estimate of drug-likeness (QED) is 0.788. The van der Waals surface area contributed by atoms with Crippen molar-refractivity contribution < 1.29 is 13.2 Å². The second-order valence-corrected chi connectivity index (χ2v) is 8.58. The van der Waals surface area contributed by atoms with Crippen LogP contribution in [0.25, 0.3) is 0 Å². The summed E-state index contributed by atoms with van der Waals surface area (Å²) < 4.78 is 26.6. The van der Waals surface area contributed by atoms with E-state index in [1.165, 1.54) is 23.1 Å². The maximum atomic E-state index is 12.8. The van der Waals surface area contributed by atoms with Gasteiger partial charge >= 0.3 is 0 Å². The first-order valence-corrected chi connectivity index (χ1v) is 10.4. The molecule has 0 spiro atoms. The van der Waals surface area contributed by atoms with Crippen molar-refractivity contribution in [3.8, 4) is 0 Å². The van der Waals surface area contributed by atoms with Gasteiger partial charge in [0.25, 0.3) is 5.91 Å². The average molecular weight is 377 g/mol. The van der Waals surface area contributed by atoms with E-state index in [4.69, 9.17) is 0 Å². The molecule has 3 rings (SSSR count). The molecule has 1 amide bonds. The SMILES string of the molecule is C=CCNS(=O)(=O)c1ccc(C(=O)N2CCCC2c2cccs2)cc1. The minimum atomic E-state index is -3.57. The van der Waals surface area contributed by atoms with Crippen molar-refractivity contribution >= 4 is 27.3 Å². The van der Waals surface area contributed by atoms with Gasteiger partial charge in [-0.25, -0.2) is 13.1 Å². The molecule has 132 valence electrons. The highest BCUT2D eigenvalue weighted by atomic mass is 32.2. The van der Waals surface area contributed by atoms with Crippen LogP contribution in [0.2, 0.25) is 0 Å². The molecule has 1 atom stereocenters. The third-order valence-electron chi connectivity index (χ3n) is 4.21. The Morgan fingerprint density at radius 3 is 2.72 bits per heavy atom. The highest BCUT2D eigenvalue weighted by molar-refractivity contribution is 7.89. The van der Waals surface area contributed by atoms with Crippen molar-refractivity contribution in [2.75, 3.05) is 13.1 Å². The molecular formula is C18H20N2O3S2. The number of carbonyl (C=O) groups is 1. The lowest BCUT2D eigenvalue weighted by Gasteiger charge is -2.24. The van der Waals surface area contributed by atoms with Crippen molar-refractivity contribution in [2.45, 2.75) is 23.8 Å². The Morgan fingerprint density at radius 2 is 2.08 bits per heavy atom. The maximum absolute atomic E-state index is 12.8. The number of sulfonamides is 1. The lowest BCUT2D eigenvalue weighted by molar-refractivity contribution is 0.0738. The summed E-state index contributed by atoms with van der Waals surface area (Å²) >= 11 is 1.66. The summed E-state index contributed by atoms with van der Waals surface area (Å²) in [4.78, 5) is 16.1. The number of nitrogens with zero attached hydrogens (tertiary/aromatic N) is 1. The van der Waals surface area contributed by atoms with E-state index in [0.717, 1.165) is 19.4 Å². The molecule has 1 aliphatic heterocycles. The molecule has 2 heterocycles. The molecule has 1 N–H and O–H groups in total. The van der Waals surface area contributed by atoms with Gasteiger partial charge in [0.1, 0.15) is 0 Å². The number of nitrogens with one attached hydrogen (secondary N) is 1. The third kappa shape index (κ3) is 3.84. The van der Waals surface area contributed by atoms with Gasteiger partial charge in [-0.15, -0.1) is 17.9 Å². The Hall–Kier alpha value is -1.96. The van der Waals surface area contributed by atoms with Gasteiger partial charge in [0, 0.05) is 23.5 Å². The monoisotopic (exact) mass is 376 g/mol. The number of carbonyl (C=O) groups excluding carboxylic acids is 1. The van der Waals surface area contributed by atoms with Crippen LogP contribution in [0.15, 0.2) is 59.3 Å². The largest absolute Gasteiger partial charge is 0.331 e. The summed E-state index contributed by atoms with van der Waals surface area (Å²) in [7, 11) is -3.57. The highest BCUT2D eigenvalue weighted by Crippen LogP contribution is 2.35. The molecule has 0 saturated carbocycles. The topological polar surface area (TPSA) is 66.5 Å². The lowest BCUT2D eigenvalue weighted by Crippen LogP contribution is -2.30. The first-order chi connectivity index (χ1) is 12.0. The van der Waals surface area contributed by atoms with Gasteiger partial charge in [0.2, 0.25) is 10.0 Å². The number of likely N-dealkylation sites (tertiary alicyclic amines) is 1. The second kappa shape index (κ2) is 7.51. The van der Waals surface area contributed by atoms with Crippen LogP contribution in [0, 0.1) is 0 Å². The van der Waals surface area contributed by atoms with Gasteiger partial charge in [-0.1, -0.05) is 12.1 Å². The summed E-state index contributed by atoms with van der Waals surface area (Å²) in [6.07, 6.45) is 3.42. The summed E-state index contributed by atoms with van der Waals surface area (Å²) in [5.74, 6) is -0.0566. The third-order valence-corrected chi connectivity index (χ3v) is 6.63. The first-order valence-electron chi connectivity index (χ1n) is 8.08. The van der Waals surface area contributed by atoms with Crippen LogP contribution >= 0.6 is 11.3 Å². The molecule has 1 unspecified atom stereocenters. The van der Waals surface area contributed by atoms with Gasteiger partial charge in [-0.05, 0) is 48.6 Å². The second-order valence-electron chi connectivity index (χ2n) is 5.84. The molecule has 0 radical (unpaired) electrons. The fourth-order valence-corrected chi connectivity index (χ4v) is 4.85. The molecule has 5 nitrogen and oxygen atoms in total. The zero-order valence-corrected chi connectivity index (χ0v) is 15.4. The molecule has 0 bridgehead atoms. The number of hydrogen-bond acceptors (Lipinski definition) is 4. The fourth-order valence-electron chi connectivity index (χ4n) is 2.98. The number of rotatable bonds is 6. The normalized spacial score (nSPS) is 17.6. The molecule has 1 fully saturated rings. The molecule has 7 heteroatoms. The number of benzene rings is 1. The summed E-state index contributed by atoms with van der Waals surface area (Å²) in [6, 6.07) is 10.3. The van der Waals surface area contributed by atoms with Crippen molar-refractivity contribution in [1.82, 2.24) is 9.62 Å². The van der Waals surface area contributed by atoms with E-state index >= 15 is 0 Å². The van der Waals surface area contributed by atoms with Gasteiger partial charge < -0.3 is 4.90 Å². The number of amides is 1. The molecule has 25 heavy (non-hydrogen) atoms. The Bertz CT molecular complexity index is 843. The summed E-state index contributed by atoms with van der Waals surface area (Å²) in [5.41, 5.74) is 0.506. The van der Waals surface area contributed by atoms with E-state index in [1.54, 1.807) is 23.5 Å². The molecule has 1 aromatic heterocycles. The minimum absolute atomic E-state index is 0.0566. The van der Waals surface area contributed by atoms with E-state index in [9.17, 15) is 13.2 Å². The zero-order valence-electron chi connectivity index (χ0n) is 13.7. The van der Waals surface area contributed by atoms with Gasteiger partial charge in [-0.2, -0.15) is 0 Å². The number of hydrogen-bond donors (Lipinski definition) is 1. The smallest absolute Gasteiger partial charge is 0.254 e. The van der Waals surface area contributed by atoms with Gasteiger partial charge in [-0.3, -0.25) is 4.79 Å². The number of thiophene rings is 1. The Kier molecular flexibility index (Phi) is 5.36. The Balaban J connectivity index is 1.78. The predicted octanol–water partition coefficient (Wildman–Crippen LogP) is 3.19. The van der Waals surface area contributed by atoms with Crippen molar-refractivity contribution in [3.63, 3.8) is 0 Å². The summed E-state index contributed by atoms with van der Waals surface area (Å²) in [6.45, 7) is 4.38. The Morgan fingerprint density at radius 1 is 1.32 bits per heavy atom. The highest BCUT2D eigenvalue weighted by Gasteiger charge is 2.31. The molecule has 1 aliphatic rings. The van der Waals surface area contributed by atoms with E-state index in [0.29, 0.717) is 5.56 Å². The van der Waals surface area contributed by atoms with Gasteiger partial charge in [0.05, 0.1) is 10.9 Å². The van der Waals surface area contributed by atoms with Crippen LogP contribution in [-0.4, -0.2) is 32.3 Å². The zero-order chi connectivity index (χ0) is 17.9. The standard InChI is InChI=1S/C18H20N2O3S2/c1-2-11-19-25(22,23)15-9-7-14(8-10-15)18(21)20-12-3-5-16(20)17-6-4-13-24-17/h2,4,6-10,13,16,19H,1,3,5,11-12H2. The van der Waals surface area contributed by atoms with Crippen molar-refractivity contribution in [3.05, 3.63) is 64.9 Å². The van der Waals surface area contributed by atoms with E-state index in [-0.39, 0.29) is 23.4 Å². The maximum Gasteiger partial charge on any atom is 0.254 e. The fraction of sp³-hybridized carbons (Fsp3) is 0.278. The van der Waals surface area contributed by atoms with E-state index in [1.807, 2.05) is 16.3 Å². The average Bonchev–Trinajstić information content (AvgIpc) is 3.30. The minimum Gasteiger partial charge on any atom is -0.331 e. The van der Waals surface area contributed by atoms with Crippen LogP contribution in [0.1, 0.15) is 34.1 Å². The van der Waals surface area contributed by atoms with Crippen LogP contribution in [-0.2, 0) is 10.0 Å². The van der Waals surface area contributed by atoms with E-state index in [2.05, 4.69) is 17.4 Å². The van der Waals surface area contributed by atoms with Crippen LogP contribution < -0.4 is 4.72 Å². The molecule has 0 aliphatic carbocycles. The van der Waals surface area contributed by atoms with Crippen molar-refractivity contribution in [2.24, 2.45) is 0 Å². The lowest BCUT2D eigenvalue weighted by atomic mass is 10.1. The summed E-state index contributed by atoms with van der Waals surface area (Å²) in [5, 5.41) is 2.02. The van der Waals surface area contributed by atoms with Crippen LogP contribution in [0.3, 0.4) is 0 Å². The molecule has 1 aromatic carbocycles. The molecule has 2 aromatic rings. The van der Waals surface area contributed by atoms with E-state index < -0.39 is 10.0 Å². The van der Waals surface area contributed by atoms with Crippen molar-refractivity contribution in [1.29, 1.82) is 0 Å².